The van der Waals surface area contributed by atoms with Crippen molar-refractivity contribution in [1.29, 1.82) is 0 Å². The number of hydrogen-bond acceptors (Lipinski definition) is 5. The molecule has 1 aromatic heterocycles. The van der Waals surface area contributed by atoms with Gasteiger partial charge in [0.25, 0.3) is 0 Å². The lowest BCUT2D eigenvalue weighted by atomic mass is 10.1. The molecule has 0 fully saturated rings. The number of aryl methyl sites for hydroxylation is 1. The van der Waals surface area contributed by atoms with Crippen LogP contribution in [0.1, 0.15) is 17.0 Å². The van der Waals surface area contributed by atoms with Crippen molar-refractivity contribution in [1.82, 2.24) is 14.9 Å². The summed E-state index contributed by atoms with van der Waals surface area (Å²) in [5.41, 5.74) is 5.89. The van der Waals surface area contributed by atoms with Crippen molar-refractivity contribution in [2.75, 3.05) is 19.0 Å². The van der Waals surface area contributed by atoms with Gasteiger partial charge in [-0.3, -0.25) is 5.43 Å². The molecule has 0 bridgehead atoms. The van der Waals surface area contributed by atoms with Gasteiger partial charge in [-0.2, -0.15) is 0 Å². The van der Waals surface area contributed by atoms with E-state index in [0.29, 0.717) is 5.95 Å². The molecule has 2 rings (SSSR count). The zero-order chi connectivity index (χ0) is 10.1. The van der Waals surface area contributed by atoms with E-state index in [9.17, 15) is 0 Å². The maximum atomic E-state index is 5.29. The smallest absolute Gasteiger partial charge is 0.237 e. The Kier molecular flexibility index (Phi) is 2.35. The number of hydrogen-bond donors (Lipinski definition) is 2. The summed E-state index contributed by atoms with van der Waals surface area (Å²) in [5.74, 6) is 5.81. The van der Waals surface area contributed by atoms with Gasteiger partial charge in [0.1, 0.15) is 0 Å². The highest BCUT2D eigenvalue weighted by Gasteiger charge is 2.17. The van der Waals surface area contributed by atoms with Crippen LogP contribution in [-0.4, -0.2) is 28.5 Å². The van der Waals surface area contributed by atoms with E-state index in [1.807, 2.05) is 6.92 Å². The molecule has 0 spiro atoms. The molecule has 0 amide bonds. The molecule has 0 saturated heterocycles. The first-order valence-electron chi connectivity index (χ1n) is 4.72. The molecule has 76 valence electrons. The summed E-state index contributed by atoms with van der Waals surface area (Å²) in [7, 11) is 2.11. The van der Waals surface area contributed by atoms with Crippen molar-refractivity contribution in [2.24, 2.45) is 5.84 Å². The van der Waals surface area contributed by atoms with E-state index in [2.05, 4.69) is 27.3 Å². The Hall–Kier alpha value is -1.20. The highest BCUT2D eigenvalue weighted by Crippen LogP contribution is 2.19. The topological polar surface area (TPSA) is 67.1 Å². The highest BCUT2D eigenvalue weighted by atomic mass is 15.3. The van der Waals surface area contributed by atoms with Crippen LogP contribution >= 0.6 is 0 Å². The molecule has 2 heterocycles. The number of nitrogens with zero attached hydrogens (tertiary/aromatic N) is 3. The van der Waals surface area contributed by atoms with Crippen LogP contribution in [0.3, 0.4) is 0 Å². The maximum Gasteiger partial charge on any atom is 0.237 e. The van der Waals surface area contributed by atoms with Crippen LogP contribution in [-0.2, 0) is 13.0 Å². The Bertz CT molecular complexity index is 349. The summed E-state index contributed by atoms with van der Waals surface area (Å²) >= 11 is 0. The summed E-state index contributed by atoms with van der Waals surface area (Å²) in [6, 6.07) is 0. The first kappa shape index (κ1) is 9.36. The minimum Gasteiger partial charge on any atom is -0.302 e. The van der Waals surface area contributed by atoms with Gasteiger partial charge in [0, 0.05) is 30.8 Å². The minimum absolute atomic E-state index is 0.519. The van der Waals surface area contributed by atoms with Gasteiger partial charge in [0.2, 0.25) is 5.95 Å². The fraction of sp³-hybridized carbons (Fsp3) is 0.556. The summed E-state index contributed by atoms with van der Waals surface area (Å²) in [4.78, 5) is 10.9. The van der Waals surface area contributed by atoms with Gasteiger partial charge in [-0.15, -0.1) is 0 Å². The Morgan fingerprint density at radius 3 is 2.93 bits per heavy atom. The van der Waals surface area contributed by atoms with E-state index >= 15 is 0 Å². The number of nitrogens with two attached hydrogens (primary N) is 1. The lowest BCUT2D eigenvalue weighted by Gasteiger charge is -2.25. The van der Waals surface area contributed by atoms with Gasteiger partial charge in [-0.25, -0.2) is 15.8 Å². The van der Waals surface area contributed by atoms with Crippen LogP contribution in [0.5, 0.6) is 0 Å². The van der Waals surface area contributed by atoms with Crippen molar-refractivity contribution in [3.63, 3.8) is 0 Å². The zero-order valence-electron chi connectivity index (χ0n) is 8.54. The number of aromatic nitrogens is 2. The summed E-state index contributed by atoms with van der Waals surface area (Å²) in [6.07, 6.45) is 0.976. The number of nitrogen functional groups attached to an aromatic ring is 1. The van der Waals surface area contributed by atoms with Crippen LogP contribution in [0.4, 0.5) is 5.95 Å². The quantitative estimate of drug-likeness (QED) is 0.487. The lowest BCUT2D eigenvalue weighted by molar-refractivity contribution is 0.308. The zero-order valence-corrected chi connectivity index (χ0v) is 8.54. The van der Waals surface area contributed by atoms with Crippen molar-refractivity contribution in [2.45, 2.75) is 19.9 Å². The first-order valence-corrected chi connectivity index (χ1v) is 4.72. The van der Waals surface area contributed by atoms with Crippen LogP contribution in [0, 0.1) is 6.92 Å². The van der Waals surface area contributed by atoms with E-state index in [0.717, 1.165) is 30.9 Å². The van der Waals surface area contributed by atoms with Crippen molar-refractivity contribution < 1.29 is 0 Å². The van der Waals surface area contributed by atoms with Crippen molar-refractivity contribution in [3.8, 4) is 0 Å². The average Bonchev–Trinajstić information content (AvgIpc) is 2.19. The van der Waals surface area contributed by atoms with E-state index in [4.69, 9.17) is 5.84 Å². The summed E-state index contributed by atoms with van der Waals surface area (Å²) in [6.45, 7) is 3.99. The molecule has 0 radical (unpaired) electrons. The molecule has 0 saturated carbocycles. The van der Waals surface area contributed by atoms with Crippen LogP contribution in [0.15, 0.2) is 0 Å². The van der Waals surface area contributed by atoms with Gasteiger partial charge < -0.3 is 4.90 Å². The van der Waals surface area contributed by atoms with Crippen molar-refractivity contribution in [3.05, 3.63) is 17.0 Å². The maximum absolute atomic E-state index is 5.29. The molecule has 0 atom stereocenters. The molecule has 14 heavy (non-hydrogen) atoms. The SMILES string of the molecule is Cc1nc(NN)nc2c1CN(C)CC2. The van der Waals surface area contributed by atoms with Gasteiger partial charge in [-0.05, 0) is 14.0 Å². The number of hydrazine groups is 1. The third-order valence-electron chi connectivity index (χ3n) is 2.59. The third-order valence-corrected chi connectivity index (χ3v) is 2.59. The lowest BCUT2D eigenvalue weighted by Crippen LogP contribution is -2.29. The van der Waals surface area contributed by atoms with Gasteiger partial charge in [-0.1, -0.05) is 0 Å². The predicted molar refractivity (Wildman–Crippen MR) is 54.6 cm³/mol. The minimum atomic E-state index is 0.519. The molecule has 1 aromatic rings. The average molecular weight is 193 g/mol. The highest BCUT2D eigenvalue weighted by molar-refractivity contribution is 5.34. The molecule has 3 N–H and O–H groups in total. The molecule has 0 aromatic carbocycles. The van der Waals surface area contributed by atoms with Crippen LogP contribution < -0.4 is 11.3 Å². The fourth-order valence-electron chi connectivity index (χ4n) is 1.78. The molecular formula is C9H15N5. The van der Waals surface area contributed by atoms with E-state index in [1.54, 1.807) is 0 Å². The molecule has 5 heteroatoms. The Balaban J connectivity index is 2.43. The Labute approximate surface area is 83.3 Å². The molecule has 1 aliphatic heterocycles. The number of likely N-dealkylation sites (N-methyl/N-ethyl adjacent to an activating group) is 1. The molecule has 0 aliphatic carbocycles. The fourth-order valence-corrected chi connectivity index (χ4v) is 1.78. The Morgan fingerprint density at radius 2 is 2.21 bits per heavy atom. The number of fused-ring (bicyclic) bond motifs is 1. The normalized spacial score (nSPS) is 16.5. The van der Waals surface area contributed by atoms with Crippen LogP contribution in [0.25, 0.3) is 0 Å². The van der Waals surface area contributed by atoms with E-state index in [-0.39, 0.29) is 0 Å². The Morgan fingerprint density at radius 1 is 1.43 bits per heavy atom. The molecule has 0 unspecified atom stereocenters. The molecule has 1 aliphatic rings. The van der Waals surface area contributed by atoms with Gasteiger partial charge in [0.05, 0.1) is 5.69 Å². The number of anilines is 1. The third kappa shape index (κ3) is 1.56. The number of rotatable bonds is 1. The standard InChI is InChI=1S/C9H15N5/c1-6-7-5-14(2)4-3-8(7)12-9(11-6)13-10/h3-5,10H2,1-2H3,(H,11,12,13). The summed E-state index contributed by atoms with van der Waals surface area (Å²) in [5, 5.41) is 0. The van der Waals surface area contributed by atoms with E-state index in [1.165, 1.54) is 5.56 Å². The molecule has 5 nitrogen and oxygen atoms in total. The second-order valence-electron chi connectivity index (χ2n) is 3.69. The van der Waals surface area contributed by atoms with Gasteiger partial charge in [0.15, 0.2) is 0 Å². The largest absolute Gasteiger partial charge is 0.302 e. The number of nitrogens with one attached hydrogen (secondary N) is 1. The summed E-state index contributed by atoms with van der Waals surface area (Å²) < 4.78 is 0. The van der Waals surface area contributed by atoms with Crippen LogP contribution in [0.2, 0.25) is 0 Å². The second kappa shape index (κ2) is 3.51. The van der Waals surface area contributed by atoms with Gasteiger partial charge >= 0.3 is 0 Å². The van der Waals surface area contributed by atoms with E-state index < -0.39 is 0 Å². The first-order chi connectivity index (χ1) is 6.70. The predicted octanol–water partition coefficient (Wildman–Crippen LogP) is 0.0585. The monoisotopic (exact) mass is 193 g/mol. The molecular weight excluding hydrogens is 178 g/mol. The second-order valence-corrected chi connectivity index (χ2v) is 3.69. The van der Waals surface area contributed by atoms with Crippen molar-refractivity contribution >= 4 is 5.95 Å².